The van der Waals surface area contributed by atoms with E-state index in [-0.39, 0.29) is 30.3 Å². The molecule has 0 radical (unpaired) electrons. The standard InChI is InChI=1S/C24H34O6/c1-2-3-7-13-24(28-15-16-29-24)14-12-20-19(17-22(25)26)10-11-21(20)30-23(27)18-8-5-4-6-9-18/h4-6,8-9,19-21H,2-3,7,10-17H2,1H3,(H,25,26)/t19?,20-,21?/m1/s1. The first kappa shape index (κ1) is 22.8. The monoisotopic (exact) mass is 418 g/mol. The highest BCUT2D eigenvalue weighted by atomic mass is 16.7. The molecule has 2 unspecified atom stereocenters. The number of esters is 1. The Bertz CT molecular complexity index is 682. The molecule has 1 aliphatic heterocycles. The highest BCUT2D eigenvalue weighted by molar-refractivity contribution is 5.89. The van der Waals surface area contributed by atoms with Crippen LogP contribution in [0.25, 0.3) is 0 Å². The van der Waals surface area contributed by atoms with Crippen LogP contribution in [0.15, 0.2) is 30.3 Å². The number of carboxylic acid groups (broad SMARTS) is 1. The summed E-state index contributed by atoms with van der Waals surface area (Å²) in [6.45, 7) is 3.37. The van der Waals surface area contributed by atoms with Gasteiger partial charge in [-0.1, -0.05) is 38.0 Å². The summed E-state index contributed by atoms with van der Waals surface area (Å²) in [5, 5.41) is 9.35. The summed E-state index contributed by atoms with van der Waals surface area (Å²) in [7, 11) is 0. The molecule has 166 valence electrons. The first-order chi connectivity index (χ1) is 14.5. The van der Waals surface area contributed by atoms with Crippen molar-refractivity contribution in [3.63, 3.8) is 0 Å². The molecule has 3 rings (SSSR count). The van der Waals surface area contributed by atoms with Crippen LogP contribution < -0.4 is 0 Å². The van der Waals surface area contributed by atoms with Crippen LogP contribution in [-0.2, 0) is 19.0 Å². The molecule has 1 heterocycles. The van der Waals surface area contributed by atoms with Gasteiger partial charge in [0.05, 0.1) is 18.8 Å². The highest BCUT2D eigenvalue weighted by Gasteiger charge is 2.43. The van der Waals surface area contributed by atoms with E-state index in [0.29, 0.717) is 31.6 Å². The Morgan fingerprint density at radius 2 is 1.83 bits per heavy atom. The van der Waals surface area contributed by atoms with Crippen molar-refractivity contribution in [1.29, 1.82) is 0 Å². The van der Waals surface area contributed by atoms with E-state index in [4.69, 9.17) is 14.2 Å². The van der Waals surface area contributed by atoms with Gasteiger partial charge < -0.3 is 19.3 Å². The maximum atomic E-state index is 12.6. The van der Waals surface area contributed by atoms with Gasteiger partial charge in [-0.05, 0) is 49.7 Å². The molecule has 1 aromatic rings. The van der Waals surface area contributed by atoms with Crippen LogP contribution in [-0.4, -0.2) is 42.1 Å². The molecule has 0 aromatic heterocycles. The van der Waals surface area contributed by atoms with Crippen LogP contribution in [0, 0.1) is 11.8 Å². The number of hydrogen-bond acceptors (Lipinski definition) is 5. The van der Waals surface area contributed by atoms with E-state index in [1.165, 1.54) is 0 Å². The lowest BCUT2D eigenvalue weighted by molar-refractivity contribution is -0.171. The minimum atomic E-state index is -0.800. The number of carboxylic acids is 1. The molecule has 1 saturated heterocycles. The first-order valence-corrected chi connectivity index (χ1v) is 11.3. The van der Waals surface area contributed by atoms with Crippen molar-refractivity contribution < 1.29 is 28.9 Å². The lowest BCUT2D eigenvalue weighted by atomic mass is 9.85. The topological polar surface area (TPSA) is 82.1 Å². The number of rotatable bonds is 11. The van der Waals surface area contributed by atoms with Gasteiger partial charge in [-0.15, -0.1) is 0 Å². The van der Waals surface area contributed by atoms with E-state index in [1.54, 1.807) is 12.1 Å². The second kappa shape index (κ2) is 10.9. The Kier molecular flexibility index (Phi) is 8.28. The Hall–Kier alpha value is -1.92. The number of ether oxygens (including phenoxy) is 3. The normalized spacial score (nSPS) is 25.3. The fraction of sp³-hybridized carbons (Fsp3) is 0.667. The third-order valence-corrected chi connectivity index (χ3v) is 6.44. The molecule has 2 aliphatic rings. The molecule has 0 amide bonds. The second-order valence-electron chi connectivity index (χ2n) is 8.51. The summed E-state index contributed by atoms with van der Waals surface area (Å²) in [4.78, 5) is 24.0. The molecule has 6 nitrogen and oxygen atoms in total. The Labute approximate surface area is 178 Å². The average molecular weight is 419 g/mol. The highest BCUT2D eigenvalue weighted by Crippen LogP contribution is 2.42. The van der Waals surface area contributed by atoms with Crippen molar-refractivity contribution >= 4 is 11.9 Å². The van der Waals surface area contributed by atoms with Crippen LogP contribution in [0.4, 0.5) is 0 Å². The SMILES string of the molecule is CCCCCC1(CC[C@@H]2C(CC(=O)O)CCC2OC(=O)c2ccccc2)OCCO1. The molecule has 2 fully saturated rings. The third kappa shape index (κ3) is 6.05. The molecular weight excluding hydrogens is 384 g/mol. The van der Waals surface area contributed by atoms with Crippen LogP contribution in [0.3, 0.4) is 0 Å². The molecule has 1 N–H and O–H groups in total. The van der Waals surface area contributed by atoms with E-state index >= 15 is 0 Å². The number of unbranched alkanes of at least 4 members (excludes halogenated alkanes) is 2. The predicted octanol–water partition coefficient (Wildman–Crippen LogP) is 4.82. The zero-order valence-corrected chi connectivity index (χ0v) is 17.9. The van der Waals surface area contributed by atoms with Gasteiger partial charge in [-0.3, -0.25) is 4.79 Å². The molecule has 1 aromatic carbocycles. The molecule has 3 atom stereocenters. The summed E-state index contributed by atoms with van der Waals surface area (Å²) in [6.07, 6.45) is 6.91. The number of carbonyl (C=O) groups is 2. The summed E-state index contributed by atoms with van der Waals surface area (Å²) in [5.41, 5.74) is 0.524. The van der Waals surface area contributed by atoms with Crippen molar-refractivity contribution in [2.45, 2.75) is 76.6 Å². The van der Waals surface area contributed by atoms with Crippen LogP contribution in [0.1, 0.15) is 75.1 Å². The van der Waals surface area contributed by atoms with Gasteiger partial charge in [-0.2, -0.15) is 0 Å². The van der Waals surface area contributed by atoms with Crippen LogP contribution >= 0.6 is 0 Å². The zero-order valence-electron chi connectivity index (χ0n) is 17.9. The van der Waals surface area contributed by atoms with Gasteiger partial charge in [0.2, 0.25) is 0 Å². The quantitative estimate of drug-likeness (QED) is 0.410. The average Bonchev–Trinajstić information content (AvgIpc) is 3.35. The lowest BCUT2D eigenvalue weighted by Gasteiger charge is -2.31. The second-order valence-corrected chi connectivity index (χ2v) is 8.51. The van der Waals surface area contributed by atoms with E-state index in [2.05, 4.69) is 6.92 Å². The Morgan fingerprint density at radius 3 is 2.50 bits per heavy atom. The Morgan fingerprint density at radius 1 is 1.10 bits per heavy atom. The fourth-order valence-corrected chi connectivity index (χ4v) is 4.88. The maximum Gasteiger partial charge on any atom is 0.338 e. The van der Waals surface area contributed by atoms with Crippen molar-refractivity contribution in [2.24, 2.45) is 11.8 Å². The lowest BCUT2D eigenvalue weighted by Crippen LogP contribution is -2.33. The minimum absolute atomic E-state index is 0.00427. The van der Waals surface area contributed by atoms with E-state index in [0.717, 1.165) is 38.5 Å². The maximum absolute atomic E-state index is 12.6. The molecule has 30 heavy (non-hydrogen) atoms. The molecule has 1 saturated carbocycles. The molecule has 6 heteroatoms. The Balaban J connectivity index is 1.66. The number of carbonyl (C=O) groups excluding carboxylic acids is 1. The van der Waals surface area contributed by atoms with Crippen molar-refractivity contribution in [1.82, 2.24) is 0 Å². The van der Waals surface area contributed by atoms with Gasteiger partial charge in [-0.25, -0.2) is 4.79 Å². The number of hydrogen-bond donors (Lipinski definition) is 1. The van der Waals surface area contributed by atoms with Crippen LogP contribution in [0.5, 0.6) is 0 Å². The fourth-order valence-electron chi connectivity index (χ4n) is 4.88. The smallest absolute Gasteiger partial charge is 0.338 e. The third-order valence-electron chi connectivity index (χ3n) is 6.44. The molecule has 0 bridgehead atoms. The zero-order chi connectivity index (χ0) is 21.4. The summed E-state index contributed by atoms with van der Waals surface area (Å²) < 4.78 is 17.9. The number of aliphatic carboxylic acids is 1. The van der Waals surface area contributed by atoms with Crippen molar-refractivity contribution in [3.05, 3.63) is 35.9 Å². The first-order valence-electron chi connectivity index (χ1n) is 11.3. The summed E-state index contributed by atoms with van der Waals surface area (Å²) in [6, 6.07) is 8.96. The van der Waals surface area contributed by atoms with E-state index in [1.807, 2.05) is 18.2 Å². The minimum Gasteiger partial charge on any atom is -0.481 e. The van der Waals surface area contributed by atoms with E-state index in [9.17, 15) is 14.7 Å². The van der Waals surface area contributed by atoms with Crippen molar-refractivity contribution in [2.75, 3.05) is 13.2 Å². The van der Waals surface area contributed by atoms with Gasteiger partial charge in [0.25, 0.3) is 0 Å². The predicted molar refractivity (Wildman–Crippen MR) is 112 cm³/mol. The van der Waals surface area contributed by atoms with Gasteiger partial charge in [0, 0.05) is 19.3 Å². The molecular formula is C24H34O6. The number of benzene rings is 1. The van der Waals surface area contributed by atoms with Crippen LogP contribution in [0.2, 0.25) is 0 Å². The van der Waals surface area contributed by atoms with Gasteiger partial charge in [0.15, 0.2) is 5.79 Å². The van der Waals surface area contributed by atoms with Crippen molar-refractivity contribution in [3.8, 4) is 0 Å². The van der Waals surface area contributed by atoms with Gasteiger partial charge >= 0.3 is 11.9 Å². The summed E-state index contributed by atoms with van der Waals surface area (Å²) >= 11 is 0. The summed E-state index contributed by atoms with van der Waals surface area (Å²) in [5.74, 6) is -1.70. The molecule has 1 aliphatic carbocycles. The molecule has 0 spiro atoms. The van der Waals surface area contributed by atoms with E-state index < -0.39 is 11.8 Å². The van der Waals surface area contributed by atoms with Gasteiger partial charge in [0.1, 0.15) is 6.10 Å². The largest absolute Gasteiger partial charge is 0.481 e.